The van der Waals surface area contributed by atoms with Gasteiger partial charge in [0.2, 0.25) is 0 Å². The highest BCUT2D eigenvalue weighted by Gasteiger charge is 1.56. The van der Waals surface area contributed by atoms with Gasteiger partial charge in [-0.2, -0.15) is 0 Å². The molecule has 0 heterocycles. The molecule has 0 spiro atoms. The molecule has 0 bridgehead atoms. The van der Waals surface area contributed by atoms with E-state index in [-0.39, 0.29) is 0 Å². The Morgan fingerprint density at radius 1 is 1.00 bits per heavy atom. The maximum Gasteiger partial charge on any atom is -0.0564 e. The van der Waals surface area contributed by atoms with Gasteiger partial charge in [0.25, 0.3) is 0 Å². The van der Waals surface area contributed by atoms with Gasteiger partial charge in [-0.15, -0.1) is 18.9 Å². The number of unbranched alkanes of at least 4 members (excludes halogenated alkanes) is 1. The van der Waals surface area contributed by atoms with Crippen LogP contribution in [-0.2, 0) is 0 Å². The lowest BCUT2D eigenvalue weighted by Crippen LogP contribution is -1.47. The Morgan fingerprint density at radius 3 is 1.11 bits per heavy atom. The highest BCUT2D eigenvalue weighted by molar-refractivity contribution is 4.51. The standard InChI is InChI=1S/C4H10.C3H4.C2H4/c1-3-4-2;1-3-2;1-2/h3-4H2,1-2H3;1-2H2;1-2H2. The number of hydrogen-bond donors (Lipinski definition) is 0. The zero-order valence-corrected chi connectivity index (χ0v) is 6.74. The summed E-state index contributed by atoms with van der Waals surface area (Å²) in [6, 6.07) is 0. The quantitative estimate of drug-likeness (QED) is 0.372. The van der Waals surface area contributed by atoms with Gasteiger partial charge >= 0.3 is 0 Å². The van der Waals surface area contributed by atoms with Crippen molar-refractivity contribution in [1.29, 1.82) is 0 Å². The molecule has 0 atom stereocenters. The van der Waals surface area contributed by atoms with Crippen molar-refractivity contribution in [2.75, 3.05) is 0 Å². The van der Waals surface area contributed by atoms with E-state index < -0.39 is 0 Å². The predicted molar refractivity (Wildman–Crippen MR) is 46.6 cm³/mol. The Morgan fingerprint density at radius 2 is 1.11 bits per heavy atom. The molecule has 0 heteroatoms. The zero-order chi connectivity index (χ0) is 8.12. The number of rotatable bonds is 1. The van der Waals surface area contributed by atoms with E-state index in [2.05, 4.69) is 45.9 Å². The molecular weight excluding hydrogens is 108 g/mol. The maximum atomic E-state index is 3.12. The van der Waals surface area contributed by atoms with E-state index in [9.17, 15) is 0 Å². The molecule has 0 saturated heterocycles. The van der Waals surface area contributed by atoms with Crippen molar-refractivity contribution in [3.05, 3.63) is 32.0 Å². The highest BCUT2D eigenvalue weighted by atomic mass is 13.6. The summed E-state index contributed by atoms with van der Waals surface area (Å²) in [6.07, 6.45) is 2.64. The highest BCUT2D eigenvalue weighted by Crippen LogP contribution is 1.76. The van der Waals surface area contributed by atoms with Crippen LogP contribution in [0, 0.1) is 0 Å². The number of hydrogen-bond acceptors (Lipinski definition) is 0. The summed E-state index contributed by atoms with van der Waals surface area (Å²) in [5.41, 5.74) is 2.25. The first-order valence-electron chi connectivity index (χ1n) is 3.12. The molecule has 0 amide bonds. The first kappa shape index (κ1) is 15.7. The van der Waals surface area contributed by atoms with Gasteiger partial charge in [0.1, 0.15) is 0 Å². The van der Waals surface area contributed by atoms with Crippen LogP contribution in [0.5, 0.6) is 0 Å². The van der Waals surface area contributed by atoms with Gasteiger partial charge in [0, 0.05) is 0 Å². The minimum Gasteiger partial charge on any atom is -0.137 e. The van der Waals surface area contributed by atoms with Gasteiger partial charge in [-0.25, -0.2) is 0 Å². The Labute approximate surface area is 59.6 Å². The molecule has 0 aliphatic rings. The van der Waals surface area contributed by atoms with Crippen LogP contribution in [0.3, 0.4) is 0 Å². The molecule has 0 N–H and O–H groups in total. The van der Waals surface area contributed by atoms with Crippen molar-refractivity contribution in [2.45, 2.75) is 26.7 Å². The predicted octanol–water partition coefficient (Wildman–Crippen LogP) is 3.57. The molecule has 0 saturated carbocycles. The van der Waals surface area contributed by atoms with Crippen LogP contribution in [0.25, 0.3) is 0 Å². The van der Waals surface area contributed by atoms with E-state index in [1.807, 2.05) is 0 Å². The second kappa shape index (κ2) is 55.7. The molecule has 0 aromatic rings. The molecule has 0 fully saturated rings. The SMILES string of the molecule is C=C.C=C=C.CCCC. The van der Waals surface area contributed by atoms with E-state index in [1.165, 1.54) is 12.8 Å². The normalized spacial score (nSPS) is 4.67. The monoisotopic (exact) mass is 126 g/mol. The smallest absolute Gasteiger partial charge is 0.0564 e. The largest absolute Gasteiger partial charge is 0.137 e. The summed E-state index contributed by atoms with van der Waals surface area (Å²) < 4.78 is 0. The minimum atomic E-state index is 1.32. The van der Waals surface area contributed by atoms with Crippen LogP contribution in [0.4, 0.5) is 0 Å². The first-order valence-corrected chi connectivity index (χ1v) is 3.12. The van der Waals surface area contributed by atoms with Crippen molar-refractivity contribution >= 4 is 0 Å². The summed E-state index contributed by atoms with van der Waals surface area (Å²) in [5.74, 6) is 0. The fourth-order valence-corrected chi connectivity index (χ4v) is 0. The van der Waals surface area contributed by atoms with E-state index in [0.29, 0.717) is 0 Å². The van der Waals surface area contributed by atoms with Crippen LogP contribution in [0.15, 0.2) is 32.0 Å². The van der Waals surface area contributed by atoms with Gasteiger partial charge in [0.15, 0.2) is 0 Å². The van der Waals surface area contributed by atoms with Gasteiger partial charge in [0.05, 0.1) is 0 Å². The summed E-state index contributed by atoms with van der Waals surface area (Å²) in [6.45, 7) is 16.6. The lowest BCUT2D eigenvalue weighted by atomic mass is 10.4. The van der Waals surface area contributed by atoms with Crippen molar-refractivity contribution < 1.29 is 0 Å². The average Bonchev–Trinajstić information content (AvgIpc) is 1.94. The van der Waals surface area contributed by atoms with Crippen molar-refractivity contribution in [1.82, 2.24) is 0 Å². The first-order chi connectivity index (χ1) is 4.33. The van der Waals surface area contributed by atoms with E-state index in [4.69, 9.17) is 0 Å². The van der Waals surface area contributed by atoms with E-state index in [0.717, 1.165) is 0 Å². The Kier molecular flexibility index (Phi) is 97.4. The molecule has 0 aliphatic heterocycles. The second-order valence-corrected chi connectivity index (χ2v) is 1.25. The minimum absolute atomic E-state index is 1.32. The van der Waals surface area contributed by atoms with Crippen molar-refractivity contribution in [3.63, 3.8) is 0 Å². The fraction of sp³-hybridized carbons (Fsp3) is 0.444. The second-order valence-electron chi connectivity index (χ2n) is 1.25. The molecule has 0 rings (SSSR count). The molecule has 9 heavy (non-hydrogen) atoms. The molecule has 0 nitrogen and oxygen atoms in total. The Balaban J connectivity index is -0.0000000646. The molecule has 0 aromatic carbocycles. The maximum absolute atomic E-state index is 3.12. The molecule has 0 aromatic heterocycles. The molecule has 0 radical (unpaired) electrons. The third kappa shape index (κ3) is 2970. The molecular formula is C9H18. The van der Waals surface area contributed by atoms with Gasteiger partial charge < -0.3 is 0 Å². The van der Waals surface area contributed by atoms with Crippen LogP contribution >= 0.6 is 0 Å². The summed E-state index contributed by atoms with van der Waals surface area (Å²) in [4.78, 5) is 0. The lowest BCUT2D eigenvalue weighted by Gasteiger charge is -1.68. The zero-order valence-electron chi connectivity index (χ0n) is 6.74. The molecule has 0 aliphatic carbocycles. The Bertz CT molecular complexity index is 45.1. The Hall–Kier alpha value is -0.740. The average molecular weight is 126 g/mol. The molecule has 0 unspecified atom stereocenters. The third-order valence-corrected chi connectivity index (χ3v) is 0.500. The third-order valence-electron chi connectivity index (χ3n) is 0.500. The van der Waals surface area contributed by atoms with E-state index >= 15 is 0 Å². The van der Waals surface area contributed by atoms with Crippen LogP contribution in [0.2, 0.25) is 0 Å². The van der Waals surface area contributed by atoms with Crippen LogP contribution in [0.1, 0.15) is 26.7 Å². The summed E-state index contributed by atoms with van der Waals surface area (Å²) >= 11 is 0. The van der Waals surface area contributed by atoms with Crippen LogP contribution < -0.4 is 0 Å². The fourth-order valence-electron chi connectivity index (χ4n) is 0. The van der Waals surface area contributed by atoms with Gasteiger partial charge in [-0.3, -0.25) is 0 Å². The van der Waals surface area contributed by atoms with Gasteiger partial charge in [-0.1, -0.05) is 39.8 Å². The van der Waals surface area contributed by atoms with Crippen molar-refractivity contribution in [2.24, 2.45) is 0 Å². The lowest BCUT2D eigenvalue weighted by molar-refractivity contribution is 0.886. The van der Waals surface area contributed by atoms with E-state index in [1.54, 1.807) is 0 Å². The topological polar surface area (TPSA) is 0 Å². The van der Waals surface area contributed by atoms with Crippen LogP contribution in [-0.4, -0.2) is 0 Å². The van der Waals surface area contributed by atoms with Gasteiger partial charge in [-0.05, 0) is 0 Å². The summed E-state index contributed by atoms with van der Waals surface area (Å²) in [7, 11) is 0. The summed E-state index contributed by atoms with van der Waals surface area (Å²) in [5, 5.41) is 0. The molecule has 54 valence electrons. The van der Waals surface area contributed by atoms with Crippen molar-refractivity contribution in [3.8, 4) is 0 Å².